The first-order valence-corrected chi connectivity index (χ1v) is 4.55. The Morgan fingerprint density at radius 1 is 1.31 bits per heavy atom. The van der Waals surface area contributed by atoms with Crippen molar-refractivity contribution in [2.75, 3.05) is 6.54 Å². The third kappa shape index (κ3) is 2.77. The summed E-state index contributed by atoms with van der Waals surface area (Å²) in [5.41, 5.74) is 7.53. The van der Waals surface area contributed by atoms with E-state index < -0.39 is 0 Å². The Morgan fingerprint density at radius 3 is 2.54 bits per heavy atom. The summed E-state index contributed by atoms with van der Waals surface area (Å²) in [6.45, 7) is 7.01. The van der Waals surface area contributed by atoms with E-state index in [2.05, 4.69) is 30.7 Å². The second-order valence-electron chi connectivity index (χ2n) is 4.18. The number of nitrogens with zero attached hydrogens (tertiary/aromatic N) is 2. The lowest BCUT2D eigenvalue weighted by atomic mass is 9.92. The summed E-state index contributed by atoms with van der Waals surface area (Å²) in [5, 5.41) is 0. The molecule has 0 spiro atoms. The van der Waals surface area contributed by atoms with Gasteiger partial charge in [-0.05, 0) is 6.54 Å². The van der Waals surface area contributed by atoms with Gasteiger partial charge in [-0.3, -0.25) is 9.97 Å². The van der Waals surface area contributed by atoms with Crippen LogP contribution >= 0.6 is 0 Å². The maximum Gasteiger partial charge on any atom is 0.0643 e. The molecular formula is C10H17N3. The van der Waals surface area contributed by atoms with Gasteiger partial charge in [-0.1, -0.05) is 20.8 Å². The van der Waals surface area contributed by atoms with Gasteiger partial charge in [0.05, 0.1) is 11.4 Å². The molecule has 0 aromatic carbocycles. The molecule has 0 fully saturated rings. The summed E-state index contributed by atoms with van der Waals surface area (Å²) in [5.74, 6) is 0. The van der Waals surface area contributed by atoms with E-state index in [9.17, 15) is 0 Å². The van der Waals surface area contributed by atoms with Crippen LogP contribution in [0.5, 0.6) is 0 Å². The Labute approximate surface area is 79.4 Å². The molecule has 1 rings (SSSR count). The van der Waals surface area contributed by atoms with Crippen molar-refractivity contribution >= 4 is 0 Å². The monoisotopic (exact) mass is 179 g/mol. The van der Waals surface area contributed by atoms with Crippen LogP contribution in [-0.4, -0.2) is 16.5 Å². The van der Waals surface area contributed by atoms with Crippen molar-refractivity contribution in [1.29, 1.82) is 0 Å². The van der Waals surface area contributed by atoms with E-state index in [0.717, 1.165) is 17.8 Å². The van der Waals surface area contributed by atoms with E-state index in [1.165, 1.54) is 0 Å². The van der Waals surface area contributed by atoms with Crippen LogP contribution in [0.2, 0.25) is 0 Å². The van der Waals surface area contributed by atoms with Crippen molar-refractivity contribution in [1.82, 2.24) is 9.97 Å². The van der Waals surface area contributed by atoms with Crippen molar-refractivity contribution in [3.05, 3.63) is 23.8 Å². The van der Waals surface area contributed by atoms with E-state index in [1.807, 2.05) is 6.20 Å². The molecule has 0 unspecified atom stereocenters. The zero-order chi connectivity index (χ0) is 9.90. The first-order chi connectivity index (χ1) is 6.04. The molecule has 0 radical (unpaired) electrons. The maximum absolute atomic E-state index is 5.45. The highest BCUT2D eigenvalue weighted by Gasteiger charge is 2.15. The highest BCUT2D eigenvalue weighted by Crippen LogP contribution is 2.18. The summed E-state index contributed by atoms with van der Waals surface area (Å²) in [7, 11) is 0. The lowest BCUT2D eigenvalue weighted by Crippen LogP contribution is -2.16. The molecule has 3 heteroatoms. The van der Waals surface area contributed by atoms with Crippen LogP contribution in [-0.2, 0) is 11.8 Å². The highest BCUT2D eigenvalue weighted by molar-refractivity contribution is 5.11. The number of aromatic nitrogens is 2. The smallest absolute Gasteiger partial charge is 0.0643 e. The molecule has 1 heterocycles. The molecule has 0 saturated heterocycles. The van der Waals surface area contributed by atoms with Gasteiger partial charge < -0.3 is 5.73 Å². The van der Waals surface area contributed by atoms with Crippen LogP contribution in [0, 0.1) is 0 Å². The first-order valence-electron chi connectivity index (χ1n) is 4.55. The average Bonchev–Trinajstić information content (AvgIpc) is 2.04. The summed E-state index contributed by atoms with van der Waals surface area (Å²) < 4.78 is 0. The van der Waals surface area contributed by atoms with E-state index >= 15 is 0 Å². The number of nitrogens with two attached hydrogens (primary N) is 1. The van der Waals surface area contributed by atoms with Crippen LogP contribution in [0.4, 0.5) is 0 Å². The van der Waals surface area contributed by atoms with Gasteiger partial charge in [-0.2, -0.15) is 0 Å². The van der Waals surface area contributed by atoms with Crippen LogP contribution < -0.4 is 5.73 Å². The SMILES string of the molecule is CC(C)(C)c1cncc(CCN)n1. The van der Waals surface area contributed by atoms with Gasteiger partial charge in [-0.15, -0.1) is 0 Å². The fraction of sp³-hybridized carbons (Fsp3) is 0.600. The van der Waals surface area contributed by atoms with E-state index in [-0.39, 0.29) is 5.41 Å². The lowest BCUT2D eigenvalue weighted by molar-refractivity contribution is 0.561. The molecule has 3 nitrogen and oxygen atoms in total. The van der Waals surface area contributed by atoms with Gasteiger partial charge in [0.1, 0.15) is 0 Å². The zero-order valence-corrected chi connectivity index (χ0v) is 8.54. The van der Waals surface area contributed by atoms with Gasteiger partial charge in [0.15, 0.2) is 0 Å². The Kier molecular flexibility index (Phi) is 2.98. The van der Waals surface area contributed by atoms with Crippen molar-refractivity contribution in [3.8, 4) is 0 Å². The minimum absolute atomic E-state index is 0.0671. The van der Waals surface area contributed by atoms with E-state index in [0.29, 0.717) is 6.54 Å². The highest BCUT2D eigenvalue weighted by atomic mass is 14.8. The van der Waals surface area contributed by atoms with E-state index in [4.69, 9.17) is 5.73 Å². The molecule has 0 saturated carbocycles. The second-order valence-corrected chi connectivity index (χ2v) is 4.18. The molecule has 0 atom stereocenters. The quantitative estimate of drug-likeness (QED) is 0.744. The fourth-order valence-corrected chi connectivity index (χ4v) is 1.04. The maximum atomic E-state index is 5.45. The summed E-state index contributed by atoms with van der Waals surface area (Å²) >= 11 is 0. The largest absolute Gasteiger partial charge is 0.330 e. The average molecular weight is 179 g/mol. The van der Waals surface area contributed by atoms with Crippen LogP contribution in [0.1, 0.15) is 32.2 Å². The molecule has 0 bridgehead atoms. The Hall–Kier alpha value is -0.960. The number of rotatable bonds is 2. The third-order valence-corrected chi connectivity index (χ3v) is 1.85. The van der Waals surface area contributed by atoms with Gasteiger partial charge in [0.25, 0.3) is 0 Å². The van der Waals surface area contributed by atoms with Crippen LogP contribution in [0.3, 0.4) is 0 Å². The van der Waals surface area contributed by atoms with Gasteiger partial charge >= 0.3 is 0 Å². The summed E-state index contributed by atoms with van der Waals surface area (Å²) in [4.78, 5) is 8.64. The molecule has 2 N–H and O–H groups in total. The molecule has 72 valence electrons. The summed E-state index contributed by atoms with van der Waals surface area (Å²) in [6.07, 6.45) is 4.40. The molecule has 0 aliphatic heterocycles. The third-order valence-electron chi connectivity index (χ3n) is 1.85. The molecule has 0 aliphatic rings. The minimum atomic E-state index is 0.0671. The van der Waals surface area contributed by atoms with Gasteiger partial charge in [0.2, 0.25) is 0 Å². The molecule has 1 aromatic rings. The lowest BCUT2D eigenvalue weighted by Gasteiger charge is -2.17. The second kappa shape index (κ2) is 3.83. The molecule has 13 heavy (non-hydrogen) atoms. The molecular weight excluding hydrogens is 162 g/mol. The van der Waals surface area contributed by atoms with Crippen molar-refractivity contribution in [2.24, 2.45) is 5.73 Å². The van der Waals surface area contributed by atoms with Crippen molar-refractivity contribution in [3.63, 3.8) is 0 Å². The predicted octanol–water partition coefficient (Wildman–Crippen LogP) is 1.28. The van der Waals surface area contributed by atoms with Gasteiger partial charge in [-0.25, -0.2) is 0 Å². The topological polar surface area (TPSA) is 51.8 Å². The Morgan fingerprint density at radius 2 is 2.00 bits per heavy atom. The van der Waals surface area contributed by atoms with Gasteiger partial charge in [0, 0.05) is 24.2 Å². The molecule has 1 aromatic heterocycles. The summed E-state index contributed by atoms with van der Waals surface area (Å²) in [6, 6.07) is 0. The van der Waals surface area contributed by atoms with Crippen molar-refractivity contribution in [2.45, 2.75) is 32.6 Å². The standard InChI is InChI=1S/C10H17N3/c1-10(2,3)9-7-12-6-8(13-9)4-5-11/h6-7H,4-5,11H2,1-3H3. The first kappa shape index (κ1) is 10.1. The normalized spacial score (nSPS) is 11.7. The fourth-order valence-electron chi connectivity index (χ4n) is 1.04. The zero-order valence-electron chi connectivity index (χ0n) is 8.54. The molecule has 0 aliphatic carbocycles. The predicted molar refractivity (Wildman–Crippen MR) is 53.5 cm³/mol. The minimum Gasteiger partial charge on any atom is -0.330 e. The Bertz CT molecular complexity index is 276. The van der Waals surface area contributed by atoms with Crippen molar-refractivity contribution < 1.29 is 0 Å². The van der Waals surface area contributed by atoms with Crippen LogP contribution in [0.25, 0.3) is 0 Å². The molecule has 0 amide bonds. The van der Waals surface area contributed by atoms with E-state index in [1.54, 1.807) is 6.20 Å². The number of hydrogen-bond acceptors (Lipinski definition) is 3. The number of hydrogen-bond donors (Lipinski definition) is 1. The Balaban J connectivity index is 2.92. The van der Waals surface area contributed by atoms with Crippen LogP contribution in [0.15, 0.2) is 12.4 Å².